The number of carbonyl (C=O) groups is 1. The number of thioether (sulfide) groups is 1. The Morgan fingerprint density at radius 3 is 2.60 bits per heavy atom. The van der Waals surface area contributed by atoms with Crippen LogP contribution >= 0.6 is 11.8 Å². The molecule has 7 heteroatoms. The van der Waals surface area contributed by atoms with Crippen molar-refractivity contribution in [1.82, 2.24) is 5.32 Å². The van der Waals surface area contributed by atoms with E-state index in [1.807, 2.05) is 19.2 Å². The SMILES string of the molecule is CSc1ccc(S(=O)(=O)CC2CCCC(C)C2C(=O)NCC#N)cc1. The minimum atomic E-state index is -3.45. The van der Waals surface area contributed by atoms with Crippen molar-refractivity contribution in [2.75, 3.05) is 18.6 Å². The van der Waals surface area contributed by atoms with Crippen LogP contribution in [0.3, 0.4) is 0 Å². The van der Waals surface area contributed by atoms with Gasteiger partial charge in [-0.25, -0.2) is 8.42 Å². The van der Waals surface area contributed by atoms with Gasteiger partial charge in [0.25, 0.3) is 0 Å². The van der Waals surface area contributed by atoms with Crippen molar-refractivity contribution in [3.63, 3.8) is 0 Å². The van der Waals surface area contributed by atoms with Crippen molar-refractivity contribution in [3.8, 4) is 6.07 Å². The Bertz CT molecular complexity index is 739. The third kappa shape index (κ3) is 4.99. The van der Waals surface area contributed by atoms with Gasteiger partial charge in [0.1, 0.15) is 6.54 Å². The van der Waals surface area contributed by atoms with E-state index >= 15 is 0 Å². The van der Waals surface area contributed by atoms with Gasteiger partial charge in [-0.1, -0.05) is 13.3 Å². The maximum absolute atomic E-state index is 12.8. The van der Waals surface area contributed by atoms with E-state index in [2.05, 4.69) is 5.32 Å². The number of benzene rings is 1. The van der Waals surface area contributed by atoms with E-state index in [1.165, 1.54) is 0 Å². The largest absolute Gasteiger partial charge is 0.343 e. The molecule has 1 N–H and O–H groups in total. The number of rotatable bonds is 6. The summed E-state index contributed by atoms with van der Waals surface area (Å²) in [6, 6.07) is 8.78. The van der Waals surface area contributed by atoms with Gasteiger partial charge in [-0.2, -0.15) is 5.26 Å². The van der Waals surface area contributed by atoms with E-state index in [9.17, 15) is 13.2 Å². The molecule has 1 fully saturated rings. The quantitative estimate of drug-likeness (QED) is 0.606. The Morgan fingerprint density at radius 1 is 1.32 bits per heavy atom. The summed E-state index contributed by atoms with van der Waals surface area (Å²) in [5.41, 5.74) is 0. The number of amides is 1. The molecular formula is C18H24N2O3S2. The zero-order chi connectivity index (χ0) is 18.4. The molecule has 0 radical (unpaired) electrons. The molecule has 3 atom stereocenters. The highest BCUT2D eigenvalue weighted by Crippen LogP contribution is 2.36. The van der Waals surface area contributed by atoms with Crippen molar-refractivity contribution in [1.29, 1.82) is 5.26 Å². The smallest absolute Gasteiger partial charge is 0.224 e. The van der Waals surface area contributed by atoms with Crippen LogP contribution < -0.4 is 5.32 Å². The number of hydrogen-bond acceptors (Lipinski definition) is 5. The van der Waals surface area contributed by atoms with Crippen molar-refractivity contribution >= 4 is 27.5 Å². The monoisotopic (exact) mass is 380 g/mol. The summed E-state index contributed by atoms with van der Waals surface area (Å²) in [5, 5.41) is 11.3. The van der Waals surface area contributed by atoms with Gasteiger partial charge in [0, 0.05) is 10.8 Å². The van der Waals surface area contributed by atoms with Crippen molar-refractivity contribution in [2.45, 2.75) is 36.0 Å². The topological polar surface area (TPSA) is 87.0 Å². The fraction of sp³-hybridized carbons (Fsp3) is 0.556. The van der Waals surface area contributed by atoms with E-state index in [-0.39, 0.29) is 36.0 Å². The lowest BCUT2D eigenvalue weighted by atomic mass is 9.73. The standard InChI is InChI=1S/C18H24N2O3S2/c1-13-4-3-5-14(17(13)18(21)20-11-10-19)12-25(22,23)16-8-6-15(24-2)7-9-16/h6-9,13-14,17H,3-5,11-12H2,1-2H3,(H,20,21). The molecule has 1 aliphatic rings. The van der Waals surface area contributed by atoms with Crippen molar-refractivity contribution < 1.29 is 13.2 Å². The first-order valence-electron chi connectivity index (χ1n) is 8.40. The van der Waals surface area contributed by atoms with Crippen LogP contribution in [0.4, 0.5) is 0 Å². The van der Waals surface area contributed by atoms with Crippen LogP contribution in [0, 0.1) is 29.1 Å². The van der Waals surface area contributed by atoms with Crippen LogP contribution in [0.2, 0.25) is 0 Å². The average molecular weight is 381 g/mol. The first-order valence-corrected chi connectivity index (χ1v) is 11.3. The van der Waals surface area contributed by atoms with Crippen LogP contribution in [-0.4, -0.2) is 32.9 Å². The first-order chi connectivity index (χ1) is 11.9. The Balaban J connectivity index is 2.18. The lowest BCUT2D eigenvalue weighted by Crippen LogP contribution is -2.43. The molecule has 136 valence electrons. The summed E-state index contributed by atoms with van der Waals surface area (Å²) in [6.07, 6.45) is 4.49. The summed E-state index contributed by atoms with van der Waals surface area (Å²) in [5.74, 6) is -0.686. The summed E-state index contributed by atoms with van der Waals surface area (Å²) < 4.78 is 25.6. The normalized spacial score (nSPS) is 23.6. The molecule has 5 nitrogen and oxygen atoms in total. The molecule has 1 amide bonds. The molecule has 0 aliphatic heterocycles. The van der Waals surface area contributed by atoms with E-state index in [0.29, 0.717) is 4.90 Å². The number of carbonyl (C=O) groups excluding carboxylic acids is 1. The van der Waals surface area contributed by atoms with Gasteiger partial charge in [0.05, 0.1) is 16.7 Å². The fourth-order valence-corrected chi connectivity index (χ4v) is 5.68. The van der Waals surface area contributed by atoms with Gasteiger partial charge in [0.2, 0.25) is 5.91 Å². The van der Waals surface area contributed by atoms with E-state index in [1.54, 1.807) is 36.0 Å². The lowest BCUT2D eigenvalue weighted by Gasteiger charge is -2.35. The van der Waals surface area contributed by atoms with Crippen LogP contribution in [0.5, 0.6) is 0 Å². The highest BCUT2D eigenvalue weighted by molar-refractivity contribution is 7.98. The second-order valence-electron chi connectivity index (χ2n) is 6.53. The molecule has 0 spiro atoms. The minimum absolute atomic E-state index is 0.0272. The third-order valence-electron chi connectivity index (χ3n) is 4.85. The summed E-state index contributed by atoms with van der Waals surface area (Å²) in [6.45, 7) is 1.94. The molecule has 0 heterocycles. The molecule has 1 saturated carbocycles. The predicted octanol–water partition coefficient (Wildman–Crippen LogP) is 2.87. The highest BCUT2D eigenvalue weighted by atomic mass is 32.2. The van der Waals surface area contributed by atoms with Gasteiger partial charge >= 0.3 is 0 Å². The van der Waals surface area contributed by atoms with Gasteiger partial charge in [0.15, 0.2) is 9.84 Å². The number of hydrogen-bond donors (Lipinski definition) is 1. The van der Waals surface area contributed by atoms with Gasteiger partial charge in [-0.15, -0.1) is 11.8 Å². The zero-order valence-corrected chi connectivity index (χ0v) is 16.2. The zero-order valence-electron chi connectivity index (χ0n) is 14.6. The summed E-state index contributed by atoms with van der Waals surface area (Å²) >= 11 is 1.56. The molecule has 1 aliphatic carbocycles. The van der Waals surface area contributed by atoms with Crippen molar-refractivity contribution in [2.24, 2.45) is 17.8 Å². The lowest BCUT2D eigenvalue weighted by molar-refractivity contribution is -0.129. The molecule has 0 saturated heterocycles. The summed E-state index contributed by atoms with van der Waals surface area (Å²) in [4.78, 5) is 13.7. The Hall–Kier alpha value is -1.52. The average Bonchev–Trinajstić information content (AvgIpc) is 2.59. The van der Waals surface area contributed by atoms with Crippen LogP contribution in [0.1, 0.15) is 26.2 Å². The van der Waals surface area contributed by atoms with Crippen molar-refractivity contribution in [3.05, 3.63) is 24.3 Å². The maximum atomic E-state index is 12.8. The van der Waals surface area contributed by atoms with Crippen LogP contribution in [0.15, 0.2) is 34.1 Å². The molecule has 3 unspecified atom stereocenters. The van der Waals surface area contributed by atoms with Crippen LogP contribution in [-0.2, 0) is 14.6 Å². The number of nitrogens with zero attached hydrogens (tertiary/aromatic N) is 1. The molecule has 25 heavy (non-hydrogen) atoms. The molecule has 1 aromatic rings. The van der Waals surface area contributed by atoms with Gasteiger partial charge < -0.3 is 5.32 Å². The fourth-order valence-electron chi connectivity index (χ4n) is 3.59. The highest BCUT2D eigenvalue weighted by Gasteiger charge is 2.38. The third-order valence-corrected chi connectivity index (χ3v) is 7.45. The maximum Gasteiger partial charge on any atom is 0.224 e. The molecule has 1 aromatic carbocycles. The molecular weight excluding hydrogens is 356 g/mol. The number of nitriles is 1. The first kappa shape index (κ1) is 19.8. The second kappa shape index (κ2) is 8.72. The van der Waals surface area contributed by atoms with Gasteiger partial charge in [-0.05, 0) is 55.2 Å². The minimum Gasteiger partial charge on any atom is -0.343 e. The van der Waals surface area contributed by atoms with Gasteiger partial charge in [-0.3, -0.25) is 4.79 Å². The Morgan fingerprint density at radius 2 is 2.00 bits per heavy atom. The predicted molar refractivity (Wildman–Crippen MR) is 98.9 cm³/mol. The summed E-state index contributed by atoms with van der Waals surface area (Å²) in [7, 11) is -3.45. The number of sulfone groups is 1. The number of nitrogens with one attached hydrogen (secondary N) is 1. The van der Waals surface area contributed by atoms with E-state index in [4.69, 9.17) is 5.26 Å². The molecule has 0 bridgehead atoms. The Labute approximate surface area is 154 Å². The molecule has 2 rings (SSSR count). The Kier molecular flexibility index (Phi) is 6.91. The second-order valence-corrected chi connectivity index (χ2v) is 9.44. The molecule has 0 aromatic heterocycles. The van der Waals surface area contributed by atoms with E-state index < -0.39 is 9.84 Å². The van der Waals surface area contributed by atoms with Crippen LogP contribution in [0.25, 0.3) is 0 Å². The van der Waals surface area contributed by atoms with E-state index in [0.717, 1.165) is 24.2 Å².